The van der Waals surface area contributed by atoms with Gasteiger partial charge < -0.3 is 58.5 Å². The Bertz CT molecular complexity index is 6590. The number of hydrogen-bond donors (Lipinski definition) is 4. The van der Waals surface area contributed by atoms with Crippen molar-refractivity contribution < 1.29 is 75.6 Å². The first kappa shape index (κ1) is 75.1. The first-order chi connectivity index (χ1) is 57.5. The molecule has 2 aromatic heterocycles. The van der Waals surface area contributed by atoms with Gasteiger partial charge in [0.25, 0.3) is 23.6 Å². The van der Waals surface area contributed by atoms with Gasteiger partial charge in [-0.1, -0.05) is 91.0 Å². The maximum Gasteiger partial charge on any atom is 0.262 e. The van der Waals surface area contributed by atoms with Crippen molar-refractivity contribution in [1.29, 1.82) is 0 Å². The van der Waals surface area contributed by atoms with E-state index in [0.717, 1.165) is 70.5 Å². The molecule has 22 heteroatoms. The number of benzene rings is 13. The predicted octanol–water partition coefficient (Wildman–Crippen LogP) is 17.8. The Kier molecular flexibility index (Phi) is 18.7. The molecule has 8 amide bonds. The zero-order valence-corrected chi connectivity index (χ0v) is 66.4. The zero-order valence-electron chi connectivity index (χ0n) is 66.4. The largest absolute Gasteiger partial charge is 0.457 e. The number of aryl methyl sites for hydroxylation is 8. The lowest BCUT2D eigenvalue weighted by atomic mass is 9.80. The van der Waals surface area contributed by atoms with Gasteiger partial charge in [-0.2, -0.15) is 0 Å². The molecule has 4 N–H and O–H groups in total. The fraction of sp³-hybridized carbons (Fsp3) is 0.216. The molecule has 0 spiro atoms. The third-order valence-corrected chi connectivity index (χ3v) is 22.6. The minimum Gasteiger partial charge on any atom is -0.457 e. The van der Waals surface area contributed by atoms with Gasteiger partial charge in [-0.3, -0.25) is 48.2 Å². The fourth-order valence-corrected chi connectivity index (χ4v) is 17.5. The molecular weight excluding hydrogens is 1510 g/mol. The number of carbonyl (C=O) groups is 8. The number of ether oxygens (including phenoxy) is 6. The van der Waals surface area contributed by atoms with Gasteiger partial charge in [0, 0.05) is 110 Å². The molecule has 0 radical (unpaired) electrons. The first-order valence-corrected chi connectivity index (χ1v) is 39.8. The number of furan rings is 2. The highest BCUT2D eigenvalue weighted by atomic mass is 16.6. The molecule has 13 aromatic carbocycles. The van der Waals surface area contributed by atoms with Gasteiger partial charge in [-0.15, -0.1) is 0 Å². The predicted molar refractivity (Wildman–Crippen MR) is 451 cm³/mol. The summed E-state index contributed by atoms with van der Waals surface area (Å²) >= 11 is 0. The third-order valence-electron chi connectivity index (χ3n) is 22.6. The van der Waals surface area contributed by atoms with E-state index < -0.39 is 47.5 Å². The summed E-state index contributed by atoms with van der Waals surface area (Å²) in [5.41, 5.74) is 8.94. The summed E-state index contributed by atoms with van der Waals surface area (Å²) in [6, 6.07) is 51.2. The molecule has 0 aliphatic carbocycles. The molecule has 0 bridgehead atoms. The summed E-state index contributed by atoms with van der Waals surface area (Å²) in [6.07, 6.45) is -0.752. The van der Waals surface area contributed by atoms with Crippen molar-refractivity contribution in [2.45, 2.75) is 98.9 Å². The molecule has 119 heavy (non-hydrogen) atoms. The van der Waals surface area contributed by atoms with E-state index in [1.165, 1.54) is 0 Å². The van der Waals surface area contributed by atoms with Crippen LogP contribution in [-0.2, 0) is 35.1 Å². The van der Waals surface area contributed by atoms with E-state index in [9.17, 15) is 9.59 Å². The first-order valence-electron chi connectivity index (χ1n) is 39.8. The number of nitrogens with zero attached hydrogens (tertiary/aromatic N) is 2. The molecule has 4 unspecified atom stereocenters. The Balaban J connectivity index is 0.895. The summed E-state index contributed by atoms with van der Waals surface area (Å²) in [4.78, 5) is 128. The lowest BCUT2D eigenvalue weighted by Crippen LogP contribution is -2.55. The molecule has 2 fully saturated rings. The smallest absolute Gasteiger partial charge is 0.262 e. The number of para-hydroxylation sites is 3. The number of rotatable bonds is 25. The molecule has 22 nitrogen and oxygen atoms in total. The lowest BCUT2D eigenvalue weighted by Gasteiger charge is -2.36. The molecule has 0 saturated carbocycles. The van der Waals surface area contributed by atoms with Crippen LogP contribution in [0.1, 0.15) is 116 Å². The van der Waals surface area contributed by atoms with Crippen LogP contribution in [0.3, 0.4) is 0 Å². The maximum atomic E-state index is 17.0. The van der Waals surface area contributed by atoms with E-state index in [4.69, 9.17) is 37.3 Å². The van der Waals surface area contributed by atoms with E-state index >= 15 is 28.8 Å². The summed E-state index contributed by atoms with van der Waals surface area (Å²) in [6.45, 7) is 16.7. The Morgan fingerprint density at radius 3 is 1.17 bits per heavy atom. The standard InChI is InChI=1S/C97H80N6O16/c1-48-26-49(2)31-58(30-48)114-76-40-68-82-69(95(109)102(94(68)108)72(92(106)98-24-22-80(104)100-44-62-46-112-62)38-57-14-13-17-67-65-16-10-12-19-74(65)119-91(57)67)41-77(115-59-32-50(3)27-51(4)33-59)85-87-79(117-61-36-54(7)29-55(8)37-61)43-71-83-70(42-78(86(89(83)87)84(76)88(82)85)116-60-34-52(5)28-53(6)35-60)96(110)103(97(71)111)90(93(107)99-25-23-81(105)101-45-63-47-113-63)56-20-21-66-64-15-9-11-18-73(64)118-75(66)39-56/h9-21,26-37,39-43,62-63,72,90H,22-25,38,44-47H2,1-8H3,(H,98,106)(H,99,107)(H,100,104)(H,101,105). The molecular formula is C97H80N6O16. The van der Waals surface area contributed by atoms with E-state index in [0.29, 0.717) is 82.6 Å². The van der Waals surface area contributed by atoms with Crippen molar-refractivity contribution in [2.24, 2.45) is 0 Å². The normalized spacial score (nSPS) is 15.4. The van der Waals surface area contributed by atoms with Crippen molar-refractivity contribution in [1.82, 2.24) is 31.1 Å². The van der Waals surface area contributed by atoms with Crippen molar-refractivity contribution in [3.8, 4) is 46.0 Å². The number of imide groups is 2. The van der Waals surface area contributed by atoms with Crippen molar-refractivity contribution >= 4 is 134 Å². The summed E-state index contributed by atoms with van der Waals surface area (Å²) in [7, 11) is 0. The third kappa shape index (κ3) is 13.9. The second-order valence-corrected chi connectivity index (χ2v) is 31.8. The van der Waals surface area contributed by atoms with Gasteiger partial charge >= 0.3 is 0 Å². The number of nitrogens with one attached hydrogen (secondary N) is 4. The Hall–Kier alpha value is -14.0. The monoisotopic (exact) mass is 1580 g/mol. The van der Waals surface area contributed by atoms with E-state index in [-0.39, 0.29) is 150 Å². The van der Waals surface area contributed by atoms with E-state index in [1.54, 1.807) is 48.5 Å². The lowest BCUT2D eigenvalue weighted by molar-refractivity contribution is -0.126. The molecule has 2 saturated heterocycles. The zero-order chi connectivity index (χ0) is 82.1. The highest BCUT2D eigenvalue weighted by Crippen LogP contribution is 2.59. The highest BCUT2D eigenvalue weighted by Gasteiger charge is 2.48. The van der Waals surface area contributed by atoms with Gasteiger partial charge in [0.1, 0.15) is 80.4 Å². The average molecular weight is 1590 g/mol. The minimum atomic E-state index is -1.73. The van der Waals surface area contributed by atoms with Gasteiger partial charge in [0.15, 0.2) is 0 Å². The van der Waals surface area contributed by atoms with Crippen LogP contribution in [0, 0.1) is 55.4 Å². The van der Waals surface area contributed by atoms with Crippen molar-refractivity contribution in [2.75, 3.05) is 39.4 Å². The highest BCUT2D eigenvalue weighted by molar-refractivity contribution is 6.45. The van der Waals surface area contributed by atoms with Crippen LogP contribution >= 0.6 is 0 Å². The number of carbonyl (C=O) groups excluding carboxylic acids is 8. The maximum absolute atomic E-state index is 17.0. The van der Waals surface area contributed by atoms with Crippen LogP contribution < -0.4 is 40.2 Å². The van der Waals surface area contributed by atoms with E-state index in [1.807, 2.05) is 189 Å². The van der Waals surface area contributed by atoms with Gasteiger partial charge in [0.2, 0.25) is 23.6 Å². The van der Waals surface area contributed by atoms with Crippen LogP contribution in [0.5, 0.6) is 46.0 Å². The summed E-state index contributed by atoms with van der Waals surface area (Å²) in [5, 5.41) is 16.2. The van der Waals surface area contributed by atoms with Crippen molar-refractivity contribution in [3.05, 3.63) is 260 Å². The average Bonchev–Trinajstić information content (AvgIpc) is 1.08. The summed E-state index contributed by atoms with van der Waals surface area (Å²) in [5.74, 6) is -4.39. The molecule has 4 atom stereocenters. The summed E-state index contributed by atoms with van der Waals surface area (Å²) < 4.78 is 53.5. The SMILES string of the molecule is Cc1cc(C)cc(Oc2cc3c4c(cc(Oc5cc(C)cc(C)c5)c5c6c(Oc7cc(C)cc(C)c7)cc7c8c(cc(Oc9cc(C)cc(C)c9)c(c2c45)c86)C(=O)N(C(C(=O)NCCC(=O)NCC2CO2)c2ccc4c(c2)oc2ccccc24)C7=O)C(=O)N(C(Cc2cccc4c2oc2ccccc24)C(=O)NCCC(=O)NCC2CO2)C3=O)c1. The fourth-order valence-electron chi connectivity index (χ4n) is 17.5. The van der Waals surface area contributed by atoms with Crippen LogP contribution in [-0.4, -0.2) is 115 Å². The molecule has 4 aliphatic rings. The van der Waals surface area contributed by atoms with Crippen LogP contribution in [0.25, 0.3) is 87.0 Å². The van der Waals surface area contributed by atoms with Crippen LogP contribution in [0.15, 0.2) is 191 Å². The number of hydrogen-bond acceptors (Lipinski definition) is 16. The second-order valence-electron chi connectivity index (χ2n) is 31.8. The Morgan fingerprint density at radius 1 is 0.378 bits per heavy atom. The minimum absolute atomic E-state index is 0.0257. The Morgan fingerprint density at radius 2 is 0.748 bits per heavy atom. The molecule has 15 aromatic rings. The number of epoxide rings is 2. The topological polar surface area (TPSA) is 279 Å². The second kappa shape index (κ2) is 29.6. The quantitative estimate of drug-likeness (QED) is 0.0179. The van der Waals surface area contributed by atoms with Gasteiger partial charge in [-0.25, -0.2) is 0 Å². The van der Waals surface area contributed by atoms with Gasteiger partial charge in [-0.05, 0) is 202 Å². The van der Waals surface area contributed by atoms with Crippen LogP contribution in [0.4, 0.5) is 0 Å². The molecule has 594 valence electrons. The molecule has 4 aliphatic heterocycles. The number of amides is 8. The van der Waals surface area contributed by atoms with Gasteiger partial charge in [0.05, 0.1) is 47.7 Å². The number of fused-ring (bicyclic) bond motifs is 8. The van der Waals surface area contributed by atoms with E-state index in [2.05, 4.69) is 21.3 Å². The van der Waals surface area contributed by atoms with Crippen molar-refractivity contribution in [3.63, 3.8) is 0 Å². The Labute approximate surface area is 681 Å². The molecule has 19 rings (SSSR count). The molecule has 6 heterocycles. The van der Waals surface area contributed by atoms with Crippen LogP contribution in [0.2, 0.25) is 0 Å².